The van der Waals surface area contributed by atoms with Gasteiger partial charge in [-0.15, -0.1) is 12.4 Å². The molecular weight excluding hydrogens is 326 g/mol. The molecule has 24 heavy (non-hydrogen) atoms. The van der Waals surface area contributed by atoms with Gasteiger partial charge in [-0.25, -0.2) is 0 Å². The summed E-state index contributed by atoms with van der Waals surface area (Å²) in [5.74, 6) is -0.219. The lowest BCUT2D eigenvalue weighted by Gasteiger charge is -2.34. The van der Waals surface area contributed by atoms with Gasteiger partial charge in [-0.2, -0.15) is 0 Å². The lowest BCUT2D eigenvalue weighted by atomic mass is 9.99. The van der Waals surface area contributed by atoms with E-state index in [0.29, 0.717) is 12.1 Å². The van der Waals surface area contributed by atoms with Crippen molar-refractivity contribution in [2.45, 2.75) is 45.7 Å². The van der Waals surface area contributed by atoms with Crippen LogP contribution in [0.2, 0.25) is 0 Å². The molecule has 2 rings (SSSR count). The Kier molecular flexibility index (Phi) is 7.70. The molecule has 1 aromatic carbocycles. The standard InChI is InChI=1S/C18H27N3O2.ClH/c1-12(2)16(18(23)21-10-4-5-15(19)11-21)20-17(22)14-8-6-13(3)7-9-14;/h6-9,12,15-16H,4-5,10-11,19H2,1-3H3,(H,20,22);1H. The van der Waals surface area contributed by atoms with Crippen LogP contribution in [-0.4, -0.2) is 41.9 Å². The third kappa shape index (κ3) is 5.21. The van der Waals surface area contributed by atoms with E-state index in [9.17, 15) is 9.59 Å². The van der Waals surface area contributed by atoms with Crippen LogP contribution >= 0.6 is 12.4 Å². The molecule has 0 saturated carbocycles. The predicted octanol–water partition coefficient (Wildman–Crippen LogP) is 2.12. The zero-order chi connectivity index (χ0) is 17.0. The van der Waals surface area contributed by atoms with Gasteiger partial charge >= 0.3 is 0 Å². The van der Waals surface area contributed by atoms with Crippen LogP contribution in [0.5, 0.6) is 0 Å². The average molecular weight is 354 g/mol. The third-order valence-corrected chi connectivity index (χ3v) is 4.30. The largest absolute Gasteiger partial charge is 0.340 e. The van der Waals surface area contributed by atoms with Crippen molar-refractivity contribution >= 4 is 24.2 Å². The quantitative estimate of drug-likeness (QED) is 0.870. The molecule has 6 heteroatoms. The fourth-order valence-electron chi connectivity index (χ4n) is 2.85. The molecular formula is C18H28ClN3O2. The highest BCUT2D eigenvalue weighted by atomic mass is 35.5. The molecule has 1 saturated heterocycles. The maximum atomic E-state index is 12.8. The van der Waals surface area contributed by atoms with Gasteiger partial charge in [0, 0.05) is 24.7 Å². The zero-order valence-electron chi connectivity index (χ0n) is 14.6. The summed E-state index contributed by atoms with van der Waals surface area (Å²) >= 11 is 0. The second kappa shape index (κ2) is 9.04. The number of hydrogen-bond acceptors (Lipinski definition) is 3. The van der Waals surface area contributed by atoms with Crippen LogP contribution in [0.25, 0.3) is 0 Å². The Bertz CT molecular complexity index is 560. The number of amides is 2. The maximum Gasteiger partial charge on any atom is 0.251 e. The summed E-state index contributed by atoms with van der Waals surface area (Å²) < 4.78 is 0. The van der Waals surface area contributed by atoms with Crippen LogP contribution in [0.4, 0.5) is 0 Å². The van der Waals surface area contributed by atoms with E-state index in [1.165, 1.54) is 0 Å². The van der Waals surface area contributed by atoms with Crippen molar-refractivity contribution in [1.29, 1.82) is 0 Å². The van der Waals surface area contributed by atoms with Crippen LogP contribution in [-0.2, 0) is 4.79 Å². The van der Waals surface area contributed by atoms with E-state index in [4.69, 9.17) is 5.73 Å². The van der Waals surface area contributed by atoms with Gasteiger partial charge in [0.05, 0.1) is 0 Å². The average Bonchev–Trinajstić information content (AvgIpc) is 2.52. The number of carbonyl (C=O) groups is 2. The summed E-state index contributed by atoms with van der Waals surface area (Å²) in [5, 5.41) is 2.89. The number of hydrogen-bond donors (Lipinski definition) is 2. The fourth-order valence-corrected chi connectivity index (χ4v) is 2.85. The highest BCUT2D eigenvalue weighted by Gasteiger charge is 2.31. The number of benzene rings is 1. The maximum absolute atomic E-state index is 12.8. The number of nitrogens with zero attached hydrogens (tertiary/aromatic N) is 1. The van der Waals surface area contributed by atoms with E-state index >= 15 is 0 Å². The summed E-state index contributed by atoms with van der Waals surface area (Å²) in [6, 6.07) is 6.87. The first-order valence-corrected chi connectivity index (χ1v) is 8.30. The summed E-state index contributed by atoms with van der Waals surface area (Å²) in [6.45, 7) is 7.16. The Morgan fingerprint density at radius 1 is 1.25 bits per heavy atom. The molecule has 0 radical (unpaired) electrons. The molecule has 1 fully saturated rings. The van der Waals surface area contributed by atoms with E-state index in [1.54, 1.807) is 17.0 Å². The Labute approximate surface area is 150 Å². The van der Waals surface area contributed by atoms with Crippen molar-refractivity contribution < 1.29 is 9.59 Å². The normalized spacial score (nSPS) is 18.7. The van der Waals surface area contributed by atoms with Crippen molar-refractivity contribution in [3.63, 3.8) is 0 Å². The molecule has 1 aromatic rings. The number of aryl methyl sites for hydroxylation is 1. The molecule has 2 unspecified atom stereocenters. The van der Waals surface area contributed by atoms with E-state index in [-0.39, 0.29) is 36.2 Å². The topological polar surface area (TPSA) is 75.4 Å². The van der Waals surface area contributed by atoms with Crippen LogP contribution in [0.15, 0.2) is 24.3 Å². The molecule has 2 atom stereocenters. The van der Waals surface area contributed by atoms with Gasteiger partial charge in [-0.05, 0) is 37.8 Å². The number of nitrogens with two attached hydrogens (primary N) is 1. The number of likely N-dealkylation sites (tertiary alicyclic amines) is 1. The molecule has 134 valence electrons. The first kappa shape index (κ1) is 20.5. The van der Waals surface area contributed by atoms with Crippen molar-refractivity contribution in [2.75, 3.05) is 13.1 Å². The van der Waals surface area contributed by atoms with Crippen molar-refractivity contribution in [3.05, 3.63) is 35.4 Å². The Morgan fingerprint density at radius 2 is 1.88 bits per heavy atom. The van der Waals surface area contributed by atoms with Crippen LogP contribution < -0.4 is 11.1 Å². The first-order chi connectivity index (χ1) is 10.9. The van der Waals surface area contributed by atoms with Crippen molar-refractivity contribution in [1.82, 2.24) is 10.2 Å². The van der Waals surface area contributed by atoms with Crippen molar-refractivity contribution in [2.24, 2.45) is 11.7 Å². The van der Waals surface area contributed by atoms with E-state index < -0.39 is 6.04 Å². The Balaban J connectivity index is 0.00000288. The van der Waals surface area contributed by atoms with Gasteiger partial charge in [0.1, 0.15) is 6.04 Å². The second-order valence-electron chi connectivity index (χ2n) is 6.75. The highest BCUT2D eigenvalue weighted by Crippen LogP contribution is 2.14. The van der Waals surface area contributed by atoms with Gasteiger partial charge in [-0.1, -0.05) is 31.5 Å². The van der Waals surface area contributed by atoms with E-state index in [1.807, 2.05) is 32.9 Å². The molecule has 0 aromatic heterocycles. The lowest BCUT2D eigenvalue weighted by molar-refractivity contribution is -0.135. The molecule has 1 aliphatic heterocycles. The number of piperidine rings is 1. The number of carbonyl (C=O) groups excluding carboxylic acids is 2. The zero-order valence-corrected chi connectivity index (χ0v) is 15.4. The summed E-state index contributed by atoms with van der Waals surface area (Å²) in [4.78, 5) is 27.0. The molecule has 5 nitrogen and oxygen atoms in total. The Morgan fingerprint density at radius 3 is 2.42 bits per heavy atom. The number of nitrogens with one attached hydrogen (secondary N) is 1. The SMILES string of the molecule is Cc1ccc(C(=O)NC(C(=O)N2CCCC(N)C2)C(C)C)cc1.Cl. The summed E-state index contributed by atoms with van der Waals surface area (Å²) in [7, 11) is 0. The minimum Gasteiger partial charge on any atom is -0.340 e. The molecule has 0 bridgehead atoms. The molecule has 2 amide bonds. The first-order valence-electron chi connectivity index (χ1n) is 8.30. The van der Waals surface area contributed by atoms with Gasteiger partial charge in [-0.3, -0.25) is 9.59 Å². The molecule has 1 aliphatic rings. The van der Waals surface area contributed by atoms with Gasteiger partial charge in [0.25, 0.3) is 5.91 Å². The number of rotatable bonds is 4. The monoisotopic (exact) mass is 353 g/mol. The second-order valence-corrected chi connectivity index (χ2v) is 6.75. The minimum atomic E-state index is -0.519. The summed E-state index contributed by atoms with van der Waals surface area (Å²) in [5.41, 5.74) is 7.64. The van der Waals surface area contributed by atoms with E-state index in [2.05, 4.69) is 5.32 Å². The third-order valence-electron chi connectivity index (χ3n) is 4.30. The van der Waals surface area contributed by atoms with Gasteiger partial charge < -0.3 is 16.0 Å². The van der Waals surface area contributed by atoms with Gasteiger partial charge in [0.2, 0.25) is 5.91 Å². The van der Waals surface area contributed by atoms with Crippen LogP contribution in [0, 0.1) is 12.8 Å². The van der Waals surface area contributed by atoms with Crippen molar-refractivity contribution in [3.8, 4) is 0 Å². The van der Waals surface area contributed by atoms with E-state index in [0.717, 1.165) is 24.9 Å². The predicted molar refractivity (Wildman–Crippen MR) is 98.3 cm³/mol. The van der Waals surface area contributed by atoms with Gasteiger partial charge in [0.15, 0.2) is 0 Å². The molecule has 0 spiro atoms. The Hall–Kier alpha value is -1.59. The van der Waals surface area contributed by atoms with Crippen LogP contribution in [0.1, 0.15) is 42.6 Å². The molecule has 1 heterocycles. The lowest BCUT2D eigenvalue weighted by Crippen LogP contribution is -2.55. The highest BCUT2D eigenvalue weighted by molar-refractivity contribution is 5.97. The smallest absolute Gasteiger partial charge is 0.251 e. The fraction of sp³-hybridized carbons (Fsp3) is 0.556. The molecule has 3 N–H and O–H groups in total. The summed E-state index contributed by atoms with van der Waals surface area (Å²) in [6.07, 6.45) is 1.87. The van der Waals surface area contributed by atoms with Crippen LogP contribution in [0.3, 0.4) is 0 Å². The number of halogens is 1. The minimum absolute atomic E-state index is 0. The molecule has 0 aliphatic carbocycles.